The quantitative estimate of drug-likeness (QED) is 0.514. The first-order valence-corrected chi connectivity index (χ1v) is 10.3. The molecule has 2 aromatic heterocycles. The molecular weight excluding hydrogens is 370 g/mol. The average Bonchev–Trinajstić information content (AvgIpc) is 3.30. The molecule has 0 saturated carbocycles. The summed E-state index contributed by atoms with van der Waals surface area (Å²) in [5, 5.41) is 17.9. The summed E-state index contributed by atoms with van der Waals surface area (Å²) in [6.07, 6.45) is 2.51. The number of aromatic amines is 1. The van der Waals surface area contributed by atoms with Crippen LogP contribution in [0.4, 0.5) is 5.69 Å². The van der Waals surface area contributed by atoms with Crippen LogP contribution in [0.25, 0.3) is 10.9 Å². The minimum Gasteiger partial charge on any atom is -0.387 e. The summed E-state index contributed by atoms with van der Waals surface area (Å²) in [5.74, 6) is 6.40. The highest BCUT2D eigenvalue weighted by atomic mass is 32.1. The Kier molecular flexibility index (Phi) is 5.60. The number of benzene rings is 1. The van der Waals surface area contributed by atoms with Crippen molar-refractivity contribution in [2.75, 3.05) is 25.5 Å². The maximum absolute atomic E-state index is 12.4. The molecule has 1 aromatic carbocycles. The second-order valence-electron chi connectivity index (χ2n) is 6.85. The minimum absolute atomic E-state index is 0.0601. The number of fused-ring (bicyclic) bond motifs is 1. The molecule has 28 heavy (non-hydrogen) atoms. The van der Waals surface area contributed by atoms with E-state index < -0.39 is 0 Å². The third-order valence-corrected chi connectivity index (χ3v) is 5.89. The largest absolute Gasteiger partial charge is 0.387 e. The van der Waals surface area contributed by atoms with E-state index in [-0.39, 0.29) is 11.9 Å². The normalized spacial score (nSPS) is 16.4. The maximum atomic E-state index is 12.4. The van der Waals surface area contributed by atoms with Crippen molar-refractivity contribution in [1.82, 2.24) is 20.8 Å². The van der Waals surface area contributed by atoms with Gasteiger partial charge in [-0.3, -0.25) is 9.89 Å². The van der Waals surface area contributed by atoms with Gasteiger partial charge in [-0.25, -0.2) is 0 Å². The molecule has 4 rings (SSSR count). The van der Waals surface area contributed by atoms with Crippen LogP contribution in [0.1, 0.15) is 28.3 Å². The van der Waals surface area contributed by atoms with E-state index in [2.05, 4.69) is 38.0 Å². The maximum Gasteiger partial charge on any atom is 0.225 e. The smallest absolute Gasteiger partial charge is 0.225 e. The highest BCUT2D eigenvalue weighted by Crippen LogP contribution is 2.27. The molecule has 6 nitrogen and oxygen atoms in total. The number of para-hydroxylation sites is 1. The Morgan fingerprint density at radius 2 is 2.25 bits per heavy atom. The number of aromatic nitrogens is 2. The van der Waals surface area contributed by atoms with Gasteiger partial charge < -0.3 is 16.0 Å². The summed E-state index contributed by atoms with van der Waals surface area (Å²) in [7, 11) is 1.87. The molecule has 1 amide bonds. The van der Waals surface area contributed by atoms with Crippen LogP contribution in [0, 0.1) is 11.8 Å². The van der Waals surface area contributed by atoms with Gasteiger partial charge in [-0.2, -0.15) is 5.10 Å². The topological polar surface area (TPSA) is 81.8 Å². The summed E-state index contributed by atoms with van der Waals surface area (Å²) in [6.45, 7) is 1.89. The number of nitrogens with one attached hydrogen (secondary N) is 4. The van der Waals surface area contributed by atoms with Gasteiger partial charge in [-0.15, -0.1) is 11.3 Å². The van der Waals surface area contributed by atoms with Crippen molar-refractivity contribution < 1.29 is 4.79 Å². The van der Waals surface area contributed by atoms with Gasteiger partial charge in [-0.05, 0) is 49.4 Å². The van der Waals surface area contributed by atoms with E-state index in [1.807, 2.05) is 37.4 Å². The van der Waals surface area contributed by atoms with Gasteiger partial charge in [0.25, 0.3) is 0 Å². The molecule has 1 fully saturated rings. The monoisotopic (exact) mass is 393 g/mol. The number of anilines is 1. The lowest BCUT2D eigenvalue weighted by molar-refractivity contribution is -0.121. The summed E-state index contributed by atoms with van der Waals surface area (Å²) < 4.78 is 0. The van der Waals surface area contributed by atoms with Crippen molar-refractivity contribution in [1.29, 1.82) is 0 Å². The average molecular weight is 394 g/mol. The number of H-pyrrole nitrogens is 1. The van der Waals surface area contributed by atoms with E-state index in [1.54, 1.807) is 11.3 Å². The van der Waals surface area contributed by atoms with Crippen molar-refractivity contribution in [3.8, 4) is 11.8 Å². The predicted octanol–water partition coefficient (Wildman–Crippen LogP) is 2.48. The molecule has 3 aromatic rings. The molecule has 7 heteroatoms. The number of amides is 1. The first kappa shape index (κ1) is 18.5. The number of hydrogen-bond acceptors (Lipinski definition) is 5. The van der Waals surface area contributed by atoms with Gasteiger partial charge in [0.05, 0.1) is 16.8 Å². The van der Waals surface area contributed by atoms with Crippen molar-refractivity contribution in [3.05, 3.63) is 45.8 Å². The number of thiophene rings is 1. The molecule has 0 radical (unpaired) electrons. The Labute approximate surface area is 168 Å². The first-order valence-electron chi connectivity index (χ1n) is 9.48. The van der Waals surface area contributed by atoms with Gasteiger partial charge in [0, 0.05) is 35.6 Å². The van der Waals surface area contributed by atoms with Crippen LogP contribution >= 0.6 is 11.3 Å². The van der Waals surface area contributed by atoms with Gasteiger partial charge >= 0.3 is 0 Å². The Morgan fingerprint density at radius 3 is 3.07 bits per heavy atom. The van der Waals surface area contributed by atoms with E-state index in [9.17, 15) is 4.79 Å². The third-order valence-electron chi connectivity index (χ3n) is 4.84. The molecule has 0 aliphatic carbocycles. The summed E-state index contributed by atoms with van der Waals surface area (Å²) in [5.41, 5.74) is 2.67. The fraction of sp³-hybridized carbons (Fsp3) is 0.333. The van der Waals surface area contributed by atoms with Crippen LogP contribution in [-0.2, 0) is 11.2 Å². The Balaban J connectivity index is 1.48. The molecule has 1 unspecified atom stereocenters. The molecule has 0 spiro atoms. The molecule has 144 valence electrons. The van der Waals surface area contributed by atoms with E-state index in [0.717, 1.165) is 58.0 Å². The number of nitrogens with zero attached hydrogens (tertiary/aromatic N) is 1. The van der Waals surface area contributed by atoms with Crippen LogP contribution in [0.15, 0.2) is 30.3 Å². The van der Waals surface area contributed by atoms with E-state index in [0.29, 0.717) is 6.42 Å². The van der Waals surface area contributed by atoms with Crippen LogP contribution in [0.5, 0.6) is 0 Å². The van der Waals surface area contributed by atoms with E-state index >= 15 is 0 Å². The Morgan fingerprint density at radius 1 is 1.36 bits per heavy atom. The summed E-state index contributed by atoms with van der Waals surface area (Å²) in [4.78, 5) is 14.4. The SMILES string of the molecule is CNc1cc(C#Cc2n[nH]c3ccccc23)sc1CC(=O)NC1CCCNC1. The van der Waals surface area contributed by atoms with Crippen molar-refractivity contribution in [3.63, 3.8) is 0 Å². The number of hydrogen-bond donors (Lipinski definition) is 4. The zero-order valence-electron chi connectivity index (χ0n) is 15.8. The molecule has 4 N–H and O–H groups in total. The van der Waals surface area contributed by atoms with Crippen LogP contribution in [0.2, 0.25) is 0 Å². The zero-order valence-corrected chi connectivity index (χ0v) is 16.6. The minimum atomic E-state index is 0.0601. The van der Waals surface area contributed by atoms with E-state index in [4.69, 9.17) is 0 Å². The van der Waals surface area contributed by atoms with Crippen LogP contribution < -0.4 is 16.0 Å². The van der Waals surface area contributed by atoms with Gasteiger partial charge in [-0.1, -0.05) is 12.1 Å². The molecule has 1 aliphatic heterocycles. The number of rotatable bonds is 4. The van der Waals surface area contributed by atoms with Gasteiger partial charge in [0.15, 0.2) is 0 Å². The van der Waals surface area contributed by atoms with Gasteiger partial charge in [0.1, 0.15) is 5.69 Å². The van der Waals surface area contributed by atoms with Crippen LogP contribution in [0.3, 0.4) is 0 Å². The summed E-state index contributed by atoms with van der Waals surface area (Å²) >= 11 is 1.55. The second-order valence-corrected chi connectivity index (χ2v) is 7.99. The lowest BCUT2D eigenvalue weighted by Gasteiger charge is -2.23. The molecule has 3 heterocycles. The summed E-state index contributed by atoms with van der Waals surface area (Å²) in [6, 6.07) is 10.2. The van der Waals surface area contributed by atoms with Crippen molar-refractivity contribution in [2.45, 2.75) is 25.3 Å². The standard InChI is InChI=1S/C21H23N5OS/c1-22-19-11-15(8-9-18-16-6-2-3-7-17(16)25-26-18)28-20(19)12-21(27)24-14-5-4-10-23-13-14/h2-3,6-7,11,14,22-23H,4-5,10,12-13H2,1H3,(H,24,27)(H,25,26). The number of piperidine rings is 1. The van der Waals surface area contributed by atoms with Crippen LogP contribution in [-0.4, -0.2) is 42.3 Å². The molecular formula is C21H23N5OS. The highest BCUT2D eigenvalue weighted by Gasteiger charge is 2.17. The molecule has 0 bridgehead atoms. The third kappa shape index (κ3) is 4.19. The predicted molar refractivity (Wildman–Crippen MR) is 114 cm³/mol. The zero-order chi connectivity index (χ0) is 19.3. The van der Waals surface area contributed by atoms with Gasteiger partial charge in [0.2, 0.25) is 5.91 Å². The highest BCUT2D eigenvalue weighted by molar-refractivity contribution is 7.13. The fourth-order valence-electron chi connectivity index (χ4n) is 3.41. The van der Waals surface area contributed by atoms with Crippen molar-refractivity contribution in [2.24, 2.45) is 0 Å². The van der Waals surface area contributed by atoms with Crippen molar-refractivity contribution >= 4 is 33.8 Å². The molecule has 1 aliphatic rings. The lowest BCUT2D eigenvalue weighted by Crippen LogP contribution is -2.46. The second kappa shape index (κ2) is 8.46. The first-order chi connectivity index (χ1) is 13.7. The number of carbonyl (C=O) groups is 1. The lowest BCUT2D eigenvalue weighted by atomic mass is 10.1. The fourth-order valence-corrected chi connectivity index (χ4v) is 4.43. The van der Waals surface area contributed by atoms with E-state index in [1.165, 1.54) is 0 Å². The Hall–Kier alpha value is -2.82. The Bertz CT molecular complexity index is 1040. The number of carbonyl (C=O) groups excluding carboxylic acids is 1. The molecule has 1 saturated heterocycles. The molecule has 1 atom stereocenters.